The van der Waals surface area contributed by atoms with E-state index in [1.165, 1.54) is 6.92 Å². The zero-order chi connectivity index (χ0) is 15.9. The Morgan fingerprint density at radius 1 is 1.11 bits per heavy atom. The molecule has 118 valence electrons. The molecule has 1 atom stereocenters. The van der Waals surface area contributed by atoms with Gasteiger partial charge in [0.25, 0.3) is 0 Å². The molecule has 7 nitrogen and oxygen atoms in total. The van der Waals surface area contributed by atoms with E-state index in [1.54, 1.807) is 0 Å². The minimum atomic E-state index is -4.17. The summed E-state index contributed by atoms with van der Waals surface area (Å²) in [5.74, 6) is 0. The van der Waals surface area contributed by atoms with Crippen molar-refractivity contribution in [2.24, 2.45) is 0 Å². The lowest BCUT2D eigenvalue weighted by molar-refractivity contribution is 0.0652. The van der Waals surface area contributed by atoms with Crippen LogP contribution in [0.3, 0.4) is 0 Å². The second kappa shape index (κ2) is 9.18. The van der Waals surface area contributed by atoms with Gasteiger partial charge in [0.05, 0.1) is 12.0 Å². The first-order valence-corrected chi connectivity index (χ1v) is 7.71. The lowest BCUT2D eigenvalue weighted by Crippen LogP contribution is -2.55. The monoisotopic (exact) mass is 317 g/mol. The third-order valence-electron chi connectivity index (χ3n) is 2.36. The van der Waals surface area contributed by atoms with Crippen LogP contribution in [-0.2, 0) is 14.6 Å². The van der Waals surface area contributed by atoms with Crippen LogP contribution in [0.25, 0.3) is 0 Å². The summed E-state index contributed by atoms with van der Waals surface area (Å²) < 4.78 is 30.7. The molecule has 0 radical (unpaired) electrons. The van der Waals surface area contributed by atoms with Gasteiger partial charge < -0.3 is 4.90 Å². The molecular formula is C10H28N3O4PS. The number of likely N-dealkylation sites (N-methyl/N-ethyl adjacent to an activating group) is 3. The van der Waals surface area contributed by atoms with E-state index in [1.807, 2.05) is 0 Å². The molecule has 0 rings (SSSR count). The Morgan fingerprint density at radius 2 is 1.47 bits per heavy atom. The molecule has 1 N–H and O–H groups in total. The van der Waals surface area contributed by atoms with Gasteiger partial charge in [-0.25, -0.2) is 4.18 Å². The lowest BCUT2D eigenvalue weighted by Gasteiger charge is -2.43. The van der Waals surface area contributed by atoms with Crippen LogP contribution in [0.15, 0.2) is 0 Å². The Bertz CT molecular complexity index is 326. The first kappa shape index (κ1) is 21.5. The fourth-order valence-electron chi connectivity index (χ4n) is 1.30. The third kappa shape index (κ3) is 10.6. The SMILES string of the molecule is CCOS(=O)(=O)O.CN(C)CC(P)(N(C)C)N(C)C. The van der Waals surface area contributed by atoms with Gasteiger partial charge in [-0.15, -0.1) is 0 Å². The zero-order valence-electron chi connectivity index (χ0n) is 12.9. The van der Waals surface area contributed by atoms with Gasteiger partial charge in [0.1, 0.15) is 0 Å². The largest absolute Gasteiger partial charge is 0.397 e. The van der Waals surface area contributed by atoms with Crippen LogP contribution < -0.4 is 0 Å². The standard InChI is InChI=1S/C8H22N3P.C2H6O4S/c1-9(2)7-8(12,10(3)4)11(5)6;1-2-6-7(3,4)5/h7,12H2,1-6H3;2H2,1H3,(H,3,4,5). The highest BCUT2D eigenvalue weighted by molar-refractivity contribution is 7.80. The fourth-order valence-corrected chi connectivity index (χ4v) is 1.96. The van der Waals surface area contributed by atoms with Gasteiger partial charge in [-0.05, 0) is 49.2 Å². The molecule has 0 saturated heterocycles. The first-order chi connectivity index (χ1) is 8.36. The summed E-state index contributed by atoms with van der Waals surface area (Å²) >= 11 is 0. The quantitative estimate of drug-likeness (QED) is 0.421. The molecule has 0 aromatic carbocycles. The fraction of sp³-hybridized carbons (Fsp3) is 1.00. The average Bonchev–Trinajstić information content (AvgIpc) is 2.14. The molecular weight excluding hydrogens is 289 g/mol. The van der Waals surface area contributed by atoms with E-state index >= 15 is 0 Å². The predicted octanol–water partition coefficient (Wildman–Crippen LogP) is 0.0258. The Labute approximate surface area is 120 Å². The number of nitrogens with zero attached hydrogens (tertiary/aromatic N) is 3. The van der Waals surface area contributed by atoms with Crippen LogP contribution >= 0.6 is 9.24 Å². The molecule has 0 saturated carbocycles. The highest BCUT2D eigenvalue weighted by atomic mass is 32.3. The summed E-state index contributed by atoms with van der Waals surface area (Å²) in [6.45, 7) is 2.43. The Kier molecular flexibility index (Phi) is 10.4. The van der Waals surface area contributed by atoms with Crippen molar-refractivity contribution in [1.82, 2.24) is 14.7 Å². The highest BCUT2D eigenvalue weighted by Gasteiger charge is 2.29. The Hall–Kier alpha value is 0.180. The van der Waals surface area contributed by atoms with Crippen molar-refractivity contribution in [3.8, 4) is 0 Å². The van der Waals surface area contributed by atoms with Crippen molar-refractivity contribution in [3.63, 3.8) is 0 Å². The van der Waals surface area contributed by atoms with Gasteiger partial charge in [0.2, 0.25) is 0 Å². The molecule has 0 fully saturated rings. The molecule has 0 aliphatic heterocycles. The van der Waals surface area contributed by atoms with Gasteiger partial charge in [0.15, 0.2) is 0 Å². The summed E-state index contributed by atoms with van der Waals surface area (Å²) in [6.07, 6.45) is 0. The molecule has 0 amide bonds. The minimum absolute atomic E-state index is 0.0289. The minimum Gasteiger partial charge on any atom is -0.306 e. The molecule has 0 aromatic heterocycles. The second-order valence-corrected chi connectivity index (χ2v) is 6.76. The van der Waals surface area contributed by atoms with E-state index in [2.05, 4.69) is 70.4 Å². The number of rotatable bonds is 6. The van der Waals surface area contributed by atoms with Crippen molar-refractivity contribution in [3.05, 3.63) is 0 Å². The van der Waals surface area contributed by atoms with Gasteiger partial charge in [-0.3, -0.25) is 14.4 Å². The molecule has 19 heavy (non-hydrogen) atoms. The average molecular weight is 317 g/mol. The van der Waals surface area contributed by atoms with Crippen molar-refractivity contribution in [1.29, 1.82) is 0 Å². The third-order valence-corrected chi connectivity index (χ3v) is 4.11. The normalized spacial score (nSPS) is 12.8. The molecule has 0 bridgehead atoms. The van der Waals surface area contributed by atoms with E-state index in [0.29, 0.717) is 0 Å². The molecule has 0 aliphatic carbocycles. The van der Waals surface area contributed by atoms with E-state index in [0.717, 1.165) is 6.54 Å². The first-order valence-electron chi connectivity index (χ1n) is 5.77. The summed E-state index contributed by atoms with van der Waals surface area (Å²) in [5, 5.41) is 0.0313. The van der Waals surface area contributed by atoms with Crippen molar-refractivity contribution in [2.45, 2.75) is 12.3 Å². The zero-order valence-corrected chi connectivity index (χ0v) is 14.9. The van der Waals surface area contributed by atoms with Gasteiger partial charge in [0, 0.05) is 6.54 Å². The Morgan fingerprint density at radius 3 is 1.53 bits per heavy atom. The van der Waals surface area contributed by atoms with Crippen LogP contribution in [0.5, 0.6) is 0 Å². The van der Waals surface area contributed by atoms with Crippen LogP contribution in [0.4, 0.5) is 0 Å². The summed E-state index contributed by atoms with van der Waals surface area (Å²) in [6, 6.07) is 0. The summed E-state index contributed by atoms with van der Waals surface area (Å²) in [5.41, 5.74) is 0. The molecule has 0 aliphatic rings. The van der Waals surface area contributed by atoms with Gasteiger partial charge in [-0.2, -0.15) is 8.42 Å². The number of hydrogen-bond donors (Lipinski definition) is 1. The van der Waals surface area contributed by atoms with Gasteiger partial charge >= 0.3 is 10.4 Å². The predicted molar refractivity (Wildman–Crippen MR) is 81.5 cm³/mol. The maximum Gasteiger partial charge on any atom is 0.397 e. The van der Waals surface area contributed by atoms with E-state index in [4.69, 9.17) is 4.55 Å². The van der Waals surface area contributed by atoms with Crippen LogP contribution in [0, 0.1) is 0 Å². The van der Waals surface area contributed by atoms with Crippen molar-refractivity contribution < 1.29 is 17.2 Å². The molecule has 0 spiro atoms. The van der Waals surface area contributed by atoms with E-state index in [-0.39, 0.29) is 12.0 Å². The summed E-state index contributed by atoms with van der Waals surface area (Å²) in [7, 11) is 11.3. The van der Waals surface area contributed by atoms with Crippen molar-refractivity contribution in [2.75, 3.05) is 55.4 Å². The van der Waals surface area contributed by atoms with E-state index in [9.17, 15) is 8.42 Å². The van der Waals surface area contributed by atoms with Gasteiger partial charge in [-0.1, -0.05) is 9.24 Å². The van der Waals surface area contributed by atoms with E-state index < -0.39 is 10.4 Å². The Balaban J connectivity index is 0. The smallest absolute Gasteiger partial charge is 0.306 e. The molecule has 9 heteroatoms. The topological polar surface area (TPSA) is 73.3 Å². The molecule has 1 unspecified atom stereocenters. The summed E-state index contributed by atoms with van der Waals surface area (Å²) in [4.78, 5) is 6.60. The van der Waals surface area contributed by atoms with Crippen LogP contribution in [0.2, 0.25) is 0 Å². The van der Waals surface area contributed by atoms with Crippen molar-refractivity contribution >= 4 is 19.6 Å². The van der Waals surface area contributed by atoms with Crippen LogP contribution in [-0.4, -0.2) is 88.5 Å². The van der Waals surface area contributed by atoms with Crippen LogP contribution in [0.1, 0.15) is 6.92 Å². The maximum absolute atomic E-state index is 9.56. The second-order valence-electron chi connectivity index (χ2n) is 4.74. The lowest BCUT2D eigenvalue weighted by atomic mass is 10.4. The number of hydrogen-bond acceptors (Lipinski definition) is 6. The molecule has 0 aromatic rings. The maximum atomic E-state index is 9.56. The highest BCUT2D eigenvalue weighted by Crippen LogP contribution is 2.23. The molecule has 0 heterocycles.